The summed E-state index contributed by atoms with van der Waals surface area (Å²) in [6.07, 6.45) is 4.46. The van der Waals surface area contributed by atoms with Crippen LogP contribution in [0.15, 0.2) is 41.3 Å². The first kappa shape index (κ1) is 15.1. The third-order valence-corrected chi connectivity index (χ3v) is 7.39. The molecule has 1 aromatic rings. The number of hydrogen-bond donors (Lipinski definition) is 0. The Morgan fingerprint density at radius 3 is 2.74 bits per heavy atom. The number of cyclic esters (lactones) is 1. The zero-order valence-corrected chi connectivity index (χ0v) is 14.0. The number of carbonyl (C=O) groups excluding carboxylic acids is 1. The fourth-order valence-electron chi connectivity index (χ4n) is 4.33. The van der Waals surface area contributed by atoms with E-state index in [2.05, 4.69) is 6.08 Å². The van der Waals surface area contributed by atoms with Crippen molar-refractivity contribution in [3.8, 4) is 0 Å². The summed E-state index contributed by atoms with van der Waals surface area (Å²) in [5.41, 5.74) is 1.11. The van der Waals surface area contributed by atoms with Crippen molar-refractivity contribution in [2.45, 2.75) is 36.2 Å². The zero-order valence-electron chi connectivity index (χ0n) is 13.2. The lowest BCUT2D eigenvalue weighted by Crippen LogP contribution is -2.49. The maximum atomic E-state index is 13.4. The van der Waals surface area contributed by atoms with Crippen molar-refractivity contribution in [1.29, 1.82) is 0 Å². The molecule has 23 heavy (non-hydrogen) atoms. The van der Waals surface area contributed by atoms with Crippen LogP contribution >= 0.6 is 0 Å². The molecule has 1 aliphatic heterocycles. The highest BCUT2D eigenvalue weighted by atomic mass is 32.2. The van der Waals surface area contributed by atoms with E-state index >= 15 is 0 Å². The molecule has 0 unspecified atom stereocenters. The van der Waals surface area contributed by atoms with Crippen molar-refractivity contribution < 1.29 is 18.5 Å². The van der Waals surface area contributed by atoms with Crippen molar-refractivity contribution in [2.75, 3.05) is 6.61 Å². The third-order valence-electron chi connectivity index (χ3n) is 5.33. The minimum atomic E-state index is -1.45. The number of ether oxygens (including phenoxy) is 2. The van der Waals surface area contributed by atoms with Crippen molar-refractivity contribution in [2.24, 2.45) is 17.8 Å². The van der Waals surface area contributed by atoms with E-state index in [0.717, 1.165) is 12.0 Å². The summed E-state index contributed by atoms with van der Waals surface area (Å²) in [6.45, 7) is 4.35. The highest BCUT2D eigenvalue weighted by Gasteiger charge is 2.72. The Hall–Kier alpha value is -1.46. The predicted octanol–water partition coefficient (Wildman–Crippen LogP) is 2.58. The quantitative estimate of drug-likeness (QED) is 0.628. The summed E-state index contributed by atoms with van der Waals surface area (Å²) >= 11 is 0. The van der Waals surface area contributed by atoms with Gasteiger partial charge in [0.15, 0.2) is 4.75 Å². The van der Waals surface area contributed by atoms with Gasteiger partial charge in [-0.25, -0.2) is 0 Å². The van der Waals surface area contributed by atoms with Gasteiger partial charge in [-0.3, -0.25) is 9.00 Å². The Morgan fingerprint density at radius 1 is 1.30 bits per heavy atom. The largest absolute Gasteiger partial charge is 0.434 e. The number of allylic oxidation sites excluding steroid dienone is 2. The Balaban J connectivity index is 1.80. The van der Waals surface area contributed by atoms with Crippen LogP contribution in [0.5, 0.6) is 0 Å². The van der Waals surface area contributed by atoms with Crippen LogP contribution in [-0.2, 0) is 25.1 Å². The minimum absolute atomic E-state index is 0.0300. The number of rotatable bonds is 4. The number of fused-ring (bicyclic) bond motifs is 5. The van der Waals surface area contributed by atoms with E-state index in [9.17, 15) is 9.00 Å². The van der Waals surface area contributed by atoms with Crippen LogP contribution in [0, 0.1) is 24.7 Å². The first-order chi connectivity index (χ1) is 11.1. The molecule has 6 atom stereocenters. The lowest BCUT2D eigenvalue weighted by atomic mass is 9.83. The van der Waals surface area contributed by atoms with Crippen LogP contribution in [0.3, 0.4) is 0 Å². The van der Waals surface area contributed by atoms with Gasteiger partial charge in [0.25, 0.3) is 0 Å². The molecule has 0 aromatic heterocycles. The summed E-state index contributed by atoms with van der Waals surface area (Å²) < 4.78 is 23.6. The van der Waals surface area contributed by atoms with Gasteiger partial charge >= 0.3 is 5.97 Å². The molecule has 1 heterocycles. The van der Waals surface area contributed by atoms with Crippen molar-refractivity contribution >= 4 is 16.8 Å². The summed E-state index contributed by atoms with van der Waals surface area (Å²) in [5.74, 6) is -0.348. The monoisotopic (exact) mass is 332 g/mol. The fourth-order valence-corrected chi connectivity index (χ4v) is 6.29. The highest BCUT2D eigenvalue weighted by molar-refractivity contribution is 7.87. The zero-order chi connectivity index (χ0) is 16.2. The van der Waals surface area contributed by atoms with Gasteiger partial charge in [0.1, 0.15) is 0 Å². The van der Waals surface area contributed by atoms with Gasteiger partial charge in [-0.15, -0.1) is 0 Å². The summed E-state index contributed by atoms with van der Waals surface area (Å²) in [4.78, 5) is 13.5. The van der Waals surface area contributed by atoms with Crippen LogP contribution < -0.4 is 0 Å². The number of esters is 1. The van der Waals surface area contributed by atoms with Gasteiger partial charge in [-0.2, -0.15) is 0 Å². The fraction of sp³-hybridized carbons (Fsp3) is 0.500. The molecular formula is C18H20O4S. The molecule has 0 spiro atoms. The van der Waals surface area contributed by atoms with Crippen LogP contribution in [0.1, 0.15) is 18.9 Å². The normalized spacial score (nSPS) is 38.6. The van der Waals surface area contributed by atoms with E-state index < -0.39 is 21.8 Å². The second-order valence-corrected chi connectivity index (χ2v) is 8.21. The van der Waals surface area contributed by atoms with Gasteiger partial charge in [-0.05, 0) is 38.3 Å². The lowest BCUT2D eigenvalue weighted by Gasteiger charge is -2.32. The third kappa shape index (κ3) is 1.93. The summed E-state index contributed by atoms with van der Waals surface area (Å²) in [6, 6.07) is 7.58. The predicted molar refractivity (Wildman–Crippen MR) is 86.1 cm³/mol. The average Bonchev–Trinajstić information content (AvgIpc) is 3.20. The number of carbonyl (C=O) groups is 1. The van der Waals surface area contributed by atoms with Crippen LogP contribution in [0.2, 0.25) is 0 Å². The second-order valence-electron chi connectivity index (χ2n) is 6.52. The SMILES string of the molecule is CCO[C@@H]1OC(=O)[C@]2([S@@](=O)c3ccc(C)cc3)[C@H]1[C@@H]1C=C[C@H]2C1. The van der Waals surface area contributed by atoms with Crippen LogP contribution in [0.4, 0.5) is 0 Å². The molecule has 122 valence electrons. The Labute approximate surface area is 138 Å². The Morgan fingerprint density at radius 2 is 2.04 bits per heavy atom. The Kier molecular flexibility index (Phi) is 3.46. The first-order valence-corrected chi connectivity index (χ1v) is 9.23. The summed E-state index contributed by atoms with van der Waals surface area (Å²) in [7, 11) is -1.45. The average molecular weight is 332 g/mol. The number of hydrogen-bond acceptors (Lipinski definition) is 4. The van der Waals surface area contributed by atoms with Crippen molar-refractivity contribution in [3.63, 3.8) is 0 Å². The lowest BCUT2D eigenvalue weighted by molar-refractivity contribution is -0.168. The van der Waals surface area contributed by atoms with E-state index in [1.54, 1.807) is 0 Å². The number of benzene rings is 1. The van der Waals surface area contributed by atoms with E-state index in [1.165, 1.54) is 0 Å². The van der Waals surface area contributed by atoms with E-state index in [-0.39, 0.29) is 23.7 Å². The van der Waals surface area contributed by atoms with Crippen LogP contribution in [-0.4, -0.2) is 27.8 Å². The van der Waals surface area contributed by atoms with Gasteiger partial charge in [-0.1, -0.05) is 29.8 Å². The molecule has 0 radical (unpaired) electrons. The van der Waals surface area contributed by atoms with Gasteiger partial charge in [0.2, 0.25) is 6.29 Å². The standard InChI is InChI=1S/C18H20O4S/c1-3-21-16-15-12-6-7-13(10-12)18(15,17(19)22-16)23(20)14-8-4-11(2)5-9-14/h4-9,12-13,15-16H,3,10H2,1-2H3/t12-,13+,15+,16-,18-,23+/m1/s1. The van der Waals surface area contributed by atoms with Gasteiger partial charge in [0.05, 0.1) is 16.7 Å². The molecule has 1 saturated heterocycles. The second kappa shape index (κ2) is 5.28. The van der Waals surface area contributed by atoms with Gasteiger partial charge in [0, 0.05) is 17.4 Å². The van der Waals surface area contributed by atoms with E-state index in [0.29, 0.717) is 11.5 Å². The maximum Gasteiger partial charge on any atom is 0.328 e. The molecule has 0 amide bonds. The molecule has 3 aliphatic rings. The minimum Gasteiger partial charge on any atom is -0.434 e. The smallest absolute Gasteiger partial charge is 0.328 e. The first-order valence-electron chi connectivity index (χ1n) is 8.08. The molecule has 0 N–H and O–H groups in total. The molecule has 5 heteroatoms. The molecule has 4 nitrogen and oxygen atoms in total. The van der Waals surface area contributed by atoms with Gasteiger partial charge < -0.3 is 9.47 Å². The van der Waals surface area contributed by atoms with Crippen LogP contribution in [0.25, 0.3) is 0 Å². The molecule has 2 fully saturated rings. The molecule has 1 saturated carbocycles. The maximum absolute atomic E-state index is 13.4. The summed E-state index contributed by atoms with van der Waals surface area (Å²) in [5, 5.41) is 0. The molecular weight excluding hydrogens is 312 g/mol. The molecule has 1 aromatic carbocycles. The topological polar surface area (TPSA) is 52.6 Å². The molecule has 4 rings (SSSR count). The molecule has 2 bridgehead atoms. The van der Waals surface area contributed by atoms with E-state index in [1.807, 2.05) is 44.2 Å². The Bertz CT molecular complexity index is 695. The van der Waals surface area contributed by atoms with Crippen molar-refractivity contribution in [3.05, 3.63) is 42.0 Å². The highest BCUT2D eigenvalue weighted by Crippen LogP contribution is 2.60. The molecule has 2 aliphatic carbocycles. The van der Waals surface area contributed by atoms with E-state index in [4.69, 9.17) is 9.47 Å². The van der Waals surface area contributed by atoms with Crippen molar-refractivity contribution in [1.82, 2.24) is 0 Å². The number of aryl methyl sites for hydroxylation is 1.